The smallest absolute Gasteiger partial charge is 0.389 e. The third kappa shape index (κ3) is 4.24. The van der Waals surface area contributed by atoms with Gasteiger partial charge in [-0.1, -0.05) is 0 Å². The molecule has 1 N–H and O–H groups in total. The Hall–Kier alpha value is -1.27. The molecule has 0 aromatic heterocycles. The molecule has 1 atom stereocenters. The summed E-state index contributed by atoms with van der Waals surface area (Å²) in [6.07, 6.45) is -4.62. The number of aliphatic carboxylic acids is 1. The molecule has 1 saturated heterocycles. The van der Waals surface area contributed by atoms with Crippen molar-refractivity contribution >= 4 is 11.9 Å². The van der Waals surface area contributed by atoms with E-state index in [1.54, 1.807) is 0 Å². The van der Waals surface area contributed by atoms with E-state index in [2.05, 4.69) is 0 Å². The van der Waals surface area contributed by atoms with Crippen molar-refractivity contribution in [2.24, 2.45) is 0 Å². The van der Waals surface area contributed by atoms with Crippen LogP contribution in [0, 0.1) is 0 Å². The number of nitrogens with zero attached hydrogens (tertiary/aromatic N) is 1. The summed E-state index contributed by atoms with van der Waals surface area (Å²) in [5, 5.41) is 8.87. The summed E-state index contributed by atoms with van der Waals surface area (Å²) in [6.45, 7) is 0.230. The number of alkyl halides is 3. The van der Waals surface area contributed by atoms with Gasteiger partial charge in [-0.2, -0.15) is 13.2 Å². The van der Waals surface area contributed by atoms with Crippen molar-refractivity contribution in [1.29, 1.82) is 0 Å². The average molecular weight is 253 g/mol. The van der Waals surface area contributed by atoms with Crippen LogP contribution in [0.3, 0.4) is 0 Å². The van der Waals surface area contributed by atoms with Crippen LogP contribution in [0.25, 0.3) is 0 Å². The van der Waals surface area contributed by atoms with Crippen LogP contribution in [0.2, 0.25) is 0 Å². The zero-order chi connectivity index (χ0) is 13.1. The minimum atomic E-state index is -4.38. The van der Waals surface area contributed by atoms with Gasteiger partial charge in [0.2, 0.25) is 5.91 Å². The predicted octanol–water partition coefficient (Wildman–Crippen LogP) is 1.79. The third-order valence-corrected chi connectivity index (χ3v) is 2.73. The van der Waals surface area contributed by atoms with Gasteiger partial charge in [-0.15, -0.1) is 0 Å². The van der Waals surface area contributed by atoms with Gasteiger partial charge >= 0.3 is 12.1 Å². The van der Waals surface area contributed by atoms with Gasteiger partial charge in [0.05, 0.1) is 6.42 Å². The van der Waals surface area contributed by atoms with E-state index in [1.807, 2.05) is 0 Å². The molecule has 1 aliphatic heterocycles. The van der Waals surface area contributed by atoms with Crippen LogP contribution in [0.15, 0.2) is 0 Å². The second-order valence-electron chi connectivity index (χ2n) is 4.05. The fraction of sp³-hybridized carbons (Fsp3) is 0.800. The maximum atomic E-state index is 12.0. The molecule has 1 heterocycles. The molecule has 1 fully saturated rings. The lowest BCUT2D eigenvalue weighted by molar-refractivity contribution is -0.157. The number of piperidine rings is 1. The molecule has 0 radical (unpaired) electrons. The second-order valence-corrected chi connectivity index (χ2v) is 4.05. The van der Waals surface area contributed by atoms with Crippen LogP contribution in [0.1, 0.15) is 32.1 Å². The number of rotatable bonds is 3. The Morgan fingerprint density at radius 1 is 1.29 bits per heavy atom. The van der Waals surface area contributed by atoms with Crippen LogP contribution < -0.4 is 0 Å². The molecule has 0 bridgehead atoms. The number of hydrogen-bond acceptors (Lipinski definition) is 2. The lowest BCUT2D eigenvalue weighted by Crippen LogP contribution is -2.48. The Morgan fingerprint density at radius 3 is 2.47 bits per heavy atom. The quantitative estimate of drug-likeness (QED) is 0.834. The lowest BCUT2D eigenvalue weighted by atomic mass is 10.0. The molecule has 0 saturated carbocycles. The number of carboxylic acid groups (broad SMARTS) is 1. The Morgan fingerprint density at radius 2 is 1.94 bits per heavy atom. The third-order valence-electron chi connectivity index (χ3n) is 2.73. The van der Waals surface area contributed by atoms with Gasteiger partial charge in [0.25, 0.3) is 0 Å². The van der Waals surface area contributed by atoms with Crippen molar-refractivity contribution in [3.63, 3.8) is 0 Å². The molecule has 4 nitrogen and oxygen atoms in total. The number of amides is 1. The van der Waals surface area contributed by atoms with E-state index in [0.29, 0.717) is 19.3 Å². The first kappa shape index (κ1) is 13.8. The number of likely N-dealkylation sites (tertiary alicyclic amines) is 1. The summed E-state index contributed by atoms with van der Waals surface area (Å²) in [7, 11) is 0. The minimum absolute atomic E-state index is 0.230. The number of halogens is 3. The second kappa shape index (κ2) is 5.37. The summed E-state index contributed by atoms with van der Waals surface area (Å²) in [4.78, 5) is 23.4. The Balaban J connectivity index is 2.56. The van der Waals surface area contributed by atoms with Gasteiger partial charge < -0.3 is 10.0 Å². The van der Waals surface area contributed by atoms with Crippen molar-refractivity contribution in [2.75, 3.05) is 6.54 Å². The van der Waals surface area contributed by atoms with E-state index >= 15 is 0 Å². The normalized spacial score (nSPS) is 21.4. The van der Waals surface area contributed by atoms with Crippen molar-refractivity contribution in [3.05, 3.63) is 0 Å². The zero-order valence-electron chi connectivity index (χ0n) is 9.16. The monoisotopic (exact) mass is 253 g/mol. The highest BCUT2D eigenvalue weighted by atomic mass is 19.4. The van der Waals surface area contributed by atoms with Gasteiger partial charge in [0.1, 0.15) is 6.04 Å². The predicted molar refractivity (Wildman–Crippen MR) is 52.3 cm³/mol. The summed E-state index contributed by atoms with van der Waals surface area (Å²) < 4.78 is 35.9. The molecule has 0 aliphatic carbocycles. The van der Waals surface area contributed by atoms with Crippen LogP contribution in [0.4, 0.5) is 13.2 Å². The van der Waals surface area contributed by atoms with Crippen LogP contribution in [-0.2, 0) is 9.59 Å². The fourth-order valence-corrected chi connectivity index (χ4v) is 1.88. The van der Waals surface area contributed by atoms with Crippen LogP contribution >= 0.6 is 0 Å². The highest BCUT2D eigenvalue weighted by Gasteiger charge is 2.34. The van der Waals surface area contributed by atoms with Gasteiger partial charge in [-0.25, -0.2) is 4.79 Å². The van der Waals surface area contributed by atoms with E-state index in [9.17, 15) is 22.8 Å². The molecule has 1 amide bonds. The highest BCUT2D eigenvalue weighted by Crippen LogP contribution is 2.24. The van der Waals surface area contributed by atoms with E-state index in [4.69, 9.17) is 5.11 Å². The molecule has 1 rings (SSSR count). The zero-order valence-corrected chi connectivity index (χ0v) is 9.16. The topological polar surface area (TPSA) is 57.6 Å². The SMILES string of the molecule is O=C(O)[C@@H]1CCCCN1C(=O)CCC(F)(F)F. The molecule has 0 aromatic carbocycles. The Labute approximate surface area is 96.4 Å². The van der Waals surface area contributed by atoms with Crippen LogP contribution in [-0.4, -0.2) is 40.6 Å². The van der Waals surface area contributed by atoms with E-state index in [-0.39, 0.29) is 6.54 Å². The number of carbonyl (C=O) groups is 2. The Kier molecular flexibility index (Phi) is 4.36. The van der Waals surface area contributed by atoms with Gasteiger partial charge in [-0.05, 0) is 19.3 Å². The van der Waals surface area contributed by atoms with Gasteiger partial charge in [-0.3, -0.25) is 4.79 Å². The lowest BCUT2D eigenvalue weighted by Gasteiger charge is -2.33. The molecule has 0 unspecified atom stereocenters. The first-order valence-corrected chi connectivity index (χ1v) is 5.40. The molecule has 0 aromatic rings. The molecule has 0 spiro atoms. The molecular weight excluding hydrogens is 239 g/mol. The van der Waals surface area contributed by atoms with E-state index in [0.717, 1.165) is 4.90 Å². The van der Waals surface area contributed by atoms with Crippen molar-refractivity contribution in [1.82, 2.24) is 4.90 Å². The van der Waals surface area contributed by atoms with Gasteiger partial charge in [0, 0.05) is 13.0 Å². The standard InChI is InChI=1S/C10H14F3NO3/c11-10(12,13)5-4-8(15)14-6-2-1-3-7(14)9(16)17/h7H,1-6H2,(H,16,17)/t7-/m0/s1. The fourth-order valence-electron chi connectivity index (χ4n) is 1.88. The summed E-state index contributed by atoms with van der Waals surface area (Å²) in [6, 6.07) is -0.968. The molecular formula is C10H14F3NO3. The first-order valence-electron chi connectivity index (χ1n) is 5.40. The Bertz CT molecular complexity index is 304. The first-order chi connectivity index (χ1) is 7.81. The summed E-state index contributed by atoms with van der Waals surface area (Å²) in [5.41, 5.74) is 0. The highest BCUT2D eigenvalue weighted by molar-refractivity contribution is 5.83. The van der Waals surface area contributed by atoms with Crippen molar-refractivity contribution < 1.29 is 27.9 Å². The molecule has 1 aliphatic rings. The average Bonchev–Trinajstić information content (AvgIpc) is 2.25. The molecule has 98 valence electrons. The maximum absolute atomic E-state index is 12.0. The molecule has 17 heavy (non-hydrogen) atoms. The van der Waals surface area contributed by atoms with Crippen molar-refractivity contribution in [2.45, 2.75) is 44.3 Å². The van der Waals surface area contributed by atoms with Gasteiger partial charge in [0.15, 0.2) is 0 Å². The largest absolute Gasteiger partial charge is 0.480 e. The summed E-state index contributed by atoms with van der Waals surface area (Å²) in [5.74, 6) is -1.88. The number of carbonyl (C=O) groups excluding carboxylic acids is 1. The maximum Gasteiger partial charge on any atom is 0.389 e. The van der Waals surface area contributed by atoms with Crippen LogP contribution in [0.5, 0.6) is 0 Å². The molecule has 7 heteroatoms. The van der Waals surface area contributed by atoms with E-state index < -0.39 is 36.9 Å². The summed E-state index contributed by atoms with van der Waals surface area (Å²) >= 11 is 0. The number of carboxylic acids is 1. The number of hydrogen-bond donors (Lipinski definition) is 1. The van der Waals surface area contributed by atoms with Crippen molar-refractivity contribution in [3.8, 4) is 0 Å². The van der Waals surface area contributed by atoms with E-state index in [1.165, 1.54) is 0 Å². The minimum Gasteiger partial charge on any atom is -0.480 e.